The molecule has 1 amide bonds. The second-order valence-corrected chi connectivity index (χ2v) is 4.29. The monoisotopic (exact) mass is 256 g/mol. The van der Waals surface area contributed by atoms with E-state index in [2.05, 4.69) is 5.32 Å². The first-order valence-electron chi connectivity index (χ1n) is 6.02. The molecule has 4 nitrogen and oxygen atoms in total. The van der Waals surface area contributed by atoms with Crippen molar-refractivity contribution in [3.63, 3.8) is 0 Å². The maximum atomic E-state index is 11.9. The minimum Gasteiger partial charge on any atom is -0.399 e. The van der Waals surface area contributed by atoms with E-state index in [1.165, 1.54) is 0 Å². The van der Waals surface area contributed by atoms with Gasteiger partial charge in [-0.15, -0.1) is 0 Å². The zero-order chi connectivity index (χ0) is 13.7. The summed E-state index contributed by atoms with van der Waals surface area (Å²) in [7, 11) is 0. The third-order valence-corrected chi connectivity index (χ3v) is 2.78. The van der Waals surface area contributed by atoms with E-state index in [1.807, 2.05) is 24.3 Å². The van der Waals surface area contributed by atoms with Crippen LogP contribution in [0.2, 0.25) is 0 Å². The van der Waals surface area contributed by atoms with Crippen molar-refractivity contribution in [2.24, 2.45) is 0 Å². The van der Waals surface area contributed by atoms with E-state index in [9.17, 15) is 9.90 Å². The largest absolute Gasteiger partial charge is 0.399 e. The molecule has 0 heterocycles. The van der Waals surface area contributed by atoms with Crippen LogP contribution in [0.25, 0.3) is 0 Å². The SMILES string of the molecule is Nc1cccc(CC(=O)Nc2ccccc2CO)c1. The number of aliphatic hydroxyl groups is 1. The average molecular weight is 256 g/mol. The molecule has 4 heteroatoms. The molecule has 2 aromatic rings. The quantitative estimate of drug-likeness (QED) is 0.732. The van der Waals surface area contributed by atoms with Gasteiger partial charge in [0.1, 0.15) is 0 Å². The number of para-hydroxylation sites is 1. The lowest BCUT2D eigenvalue weighted by atomic mass is 10.1. The fraction of sp³-hybridized carbons (Fsp3) is 0.133. The van der Waals surface area contributed by atoms with Crippen molar-refractivity contribution in [1.82, 2.24) is 0 Å². The molecule has 2 rings (SSSR count). The number of amides is 1. The number of hydrogen-bond acceptors (Lipinski definition) is 3. The second-order valence-electron chi connectivity index (χ2n) is 4.29. The van der Waals surface area contributed by atoms with Crippen LogP contribution in [0.5, 0.6) is 0 Å². The molecule has 4 N–H and O–H groups in total. The number of nitrogens with two attached hydrogens (primary N) is 1. The van der Waals surface area contributed by atoms with Gasteiger partial charge in [0.05, 0.1) is 13.0 Å². The van der Waals surface area contributed by atoms with Crippen LogP contribution in [-0.2, 0) is 17.8 Å². The van der Waals surface area contributed by atoms with Crippen LogP contribution in [0.1, 0.15) is 11.1 Å². The summed E-state index contributed by atoms with van der Waals surface area (Å²) in [5, 5.41) is 12.0. The van der Waals surface area contributed by atoms with Gasteiger partial charge in [-0.05, 0) is 23.8 Å². The predicted molar refractivity (Wildman–Crippen MR) is 75.6 cm³/mol. The Morgan fingerprint density at radius 2 is 1.95 bits per heavy atom. The van der Waals surface area contributed by atoms with Gasteiger partial charge in [0.2, 0.25) is 5.91 Å². The minimum atomic E-state index is -0.133. The van der Waals surface area contributed by atoms with Gasteiger partial charge in [-0.3, -0.25) is 4.79 Å². The normalized spacial score (nSPS) is 10.2. The molecule has 0 unspecified atom stereocenters. The van der Waals surface area contributed by atoms with Crippen LogP contribution in [0.4, 0.5) is 11.4 Å². The molecule has 2 aromatic carbocycles. The van der Waals surface area contributed by atoms with E-state index >= 15 is 0 Å². The Hall–Kier alpha value is -2.33. The maximum Gasteiger partial charge on any atom is 0.228 e. The van der Waals surface area contributed by atoms with E-state index in [0.29, 0.717) is 16.9 Å². The molecular formula is C15H16N2O2. The molecule has 0 radical (unpaired) electrons. The van der Waals surface area contributed by atoms with Crippen molar-refractivity contribution in [1.29, 1.82) is 0 Å². The highest BCUT2D eigenvalue weighted by molar-refractivity contribution is 5.93. The van der Waals surface area contributed by atoms with Gasteiger partial charge in [-0.2, -0.15) is 0 Å². The molecule has 0 saturated carbocycles. The summed E-state index contributed by atoms with van der Waals surface area (Å²) < 4.78 is 0. The summed E-state index contributed by atoms with van der Waals surface area (Å²) in [6, 6.07) is 14.4. The molecule has 19 heavy (non-hydrogen) atoms. The summed E-state index contributed by atoms with van der Waals surface area (Å²) in [5.41, 5.74) is 8.50. The van der Waals surface area contributed by atoms with Crippen molar-refractivity contribution >= 4 is 17.3 Å². The number of carbonyl (C=O) groups is 1. The fourth-order valence-corrected chi connectivity index (χ4v) is 1.86. The van der Waals surface area contributed by atoms with Crippen molar-refractivity contribution in [2.45, 2.75) is 13.0 Å². The highest BCUT2D eigenvalue weighted by Gasteiger charge is 2.07. The number of anilines is 2. The fourth-order valence-electron chi connectivity index (χ4n) is 1.86. The number of benzene rings is 2. The topological polar surface area (TPSA) is 75.4 Å². The van der Waals surface area contributed by atoms with Crippen LogP contribution in [0, 0.1) is 0 Å². The van der Waals surface area contributed by atoms with E-state index in [4.69, 9.17) is 5.73 Å². The van der Waals surface area contributed by atoms with E-state index in [1.54, 1.807) is 24.3 Å². The van der Waals surface area contributed by atoms with Gasteiger partial charge < -0.3 is 16.2 Å². The molecule has 0 aliphatic rings. The first-order chi connectivity index (χ1) is 9.19. The Balaban J connectivity index is 2.05. The van der Waals surface area contributed by atoms with E-state index in [-0.39, 0.29) is 18.9 Å². The smallest absolute Gasteiger partial charge is 0.228 e. The number of nitrogen functional groups attached to an aromatic ring is 1. The Labute approximate surface area is 111 Å². The molecule has 98 valence electrons. The number of hydrogen-bond donors (Lipinski definition) is 3. The van der Waals surface area contributed by atoms with Gasteiger partial charge >= 0.3 is 0 Å². The molecule has 0 bridgehead atoms. The van der Waals surface area contributed by atoms with Gasteiger partial charge in [0.15, 0.2) is 0 Å². The van der Waals surface area contributed by atoms with E-state index < -0.39 is 0 Å². The maximum absolute atomic E-state index is 11.9. The zero-order valence-electron chi connectivity index (χ0n) is 10.5. The van der Waals surface area contributed by atoms with Crippen LogP contribution in [0.3, 0.4) is 0 Å². The average Bonchev–Trinajstić information content (AvgIpc) is 2.39. The van der Waals surface area contributed by atoms with Crippen molar-refractivity contribution in [2.75, 3.05) is 11.1 Å². The van der Waals surface area contributed by atoms with Crippen molar-refractivity contribution in [3.05, 3.63) is 59.7 Å². The number of carbonyl (C=O) groups excluding carboxylic acids is 1. The van der Waals surface area contributed by atoms with Crippen LogP contribution in [0.15, 0.2) is 48.5 Å². The summed E-state index contributed by atoms with van der Waals surface area (Å²) in [5.74, 6) is -0.133. The van der Waals surface area contributed by atoms with Crippen molar-refractivity contribution in [3.8, 4) is 0 Å². The number of aliphatic hydroxyl groups excluding tert-OH is 1. The molecule has 0 spiro atoms. The third-order valence-electron chi connectivity index (χ3n) is 2.78. The first-order valence-corrected chi connectivity index (χ1v) is 6.02. The van der Waals surface area contributed by atoms with E-state index in [0.717, 1.165) is 5.56 Å². The standard InChI is InChI=1S/C15H16N2O2/c16-13-6-3-4-11(8-13)9-15(19)17-14-7-2-1-5-12(14)10-18/h1-8,18H,9-10,16H2,(H,17,19). The summed E-state index contributed by atoms with van der Waals surface area (Å²) in [4.78, 5) is 11.9. The Morgan fingerprint density at radius 1 is 1.16 bits per heavy atom. The van der Waals surface area contributed by atoms with Gasteiger partial charge in [0.25, 0.3) is 0 Å². The lowest BCUT2D eigenvalue weighted by Crippen LogP contribution is -2.15. The molecular weight excluding hydrogens is 240 g/mol. The summed E-state index contributed by atoms with van der Waals surface area (Å²) in [6.45, 7) is -0.102. The first kappa shape index (κ1) is 13.1. The molecule has 0 fully saturated rings. The molecule has 0 aliphatic carbocycles. The summed E-state index contributed by atoms with van der Waals surface area (Å²) in [6.07, 6.45) is 0.255. The Bertz CT molecular complexity index is 582. The molecule has 0 aliphatic heterocycles. The Kier molecular flexibility index (Phi) is 4.15. The zero-order valence-corrected chi connectivity index (χ0v) is 10.5. The lowest BCUT2D eigenvalue weighted by Gasteiger charge is -2.09. The van der Waals surface area contributed by atoms with Gasteiger partial charge in [0, 0.05) is 16.9 Å². The van der Waals surface area contributed by atoms with Crippen molar-refractivity contribution < 1.29 is 9.90 Å². The summed E-state index contributed by atoms with van der Waals surface area (Å²) >= 11 is 0. The minimum absolute atomic E-state index is 0.102. The lowest BCUT2D eigenvalue weighted by molar-refractivity contribution is -0.115. The highest BCUT2D eigenvalue weighted by atomic mass is 16.3. The molecule has 0 atom stereocenters. The van der Waals surface area contributed by atoms with Crippen LogP contribution < -0.4 is 11.1 Å². The highest BCUT2D eigenvalue weighted by Crippen LogP contribution is 2.15. The third kappa shape index (κ3) is 3.56. The van der Waals surface area contributed by atoms with Gasteiger partial charge in [-0.25, -0.2) is 0 Å². The number of nitrogens with one attached hydrogen (secondary N) is 1. The predicted octanol–water partition coefficient (Wildman–Crippen LogP) is 1.94. The number of rotatable bonds is 4. The Morgan fingerprint density at radius 3 is 2.68 bits per heavy atom. The van der Waals surface area contributed by atoms with Gasteiger partial charge in [-0.1, -0.05) is 30.3 Å². The molecule has 0 aromatic heterocycles. The van der Waals surface area contributed by atoms with Crippen LogP contribution in [-0.4, -0.2) is 11.0 Å². The second kappa shape index (κ2) is 6.02. The van der Waals surface area contributed by atoms with Crippen LogP contribution >= 0.6 is 0 Å². The molecule has 0 saturated heterocycles.